The van der Waals surface area contributed by atoms with Crippen molar-refractivity contribution >= 4 is 5.97 Å². The van der Waals surface area contributed by atoms with Crippen LogP contribution in [0.4, 0.5) is 17.6 Å². The fourth-order valence-corrected chi connectivity index (χ4v) is 1.51. The van der Waals surface area contributed by atoms with Gasteiger partial charge in [0.05, 0.1) is 11.5 Å². The maximum atomic E-state index is 13.5. The smallest absolute Gasteiger partial charge is 0.309 e. The topological polar surface area (TPSA) is 26.3 Å². The summed E-state index contributed by atoms with van der Waals surface area (Å²) in [6.45, 7) is -0.869. The fraction of sp³-hybridized carbons (Fsp3) is 0.308. The van der Waals surface area contributed by atoms with Gasteiger partial charge in [-0.1, -0.05) is 5.92 Å². The van der Waals surface area contributed by atoms with Gasteiger partial charge in [-0.2, -0.15) is 0 Å². The third-order valence-electron chi connectivity index (χ3n) is 2.77. The number of benzene rings is 1. The van der Waals surface area contributed by atoms with Crippen LogP contribution in [0.15, 0.2) is 0 Å². The van der Waals surface area contributed by atoms with Gasteiger partial charge < -0.3 is 4.74 Å². The monoisotopic (exact) mass is 272 g/mol. The van der Waals surface area contributed by atoms with E-state index >= 15 is 0 Å². The molecule has 2 rings (SSSR count). The van der Waals surface area contributed by atoms with Crippen LogP contribution in [0, 0.1) is 41.5 Å². The van der Waals surface area contributed by atoms with Crippen LogP contribution in [-0.2, 0) is 16.1 Å². The van der Waals surface area contributed by atoms with Crippen molar-refractivity contribution < 1.29 is 27.1 Å². The van der Waals surface area contributed by atoms with Crippen molar-refractivity contribution in [2.45, 2.75) is 19.4 Å². The number of hydrogen-bond donors (Lipinski definition) is 0. The number of carbonyl (C=O) groups is 1. The van der Waals surface area contributed by atoms with Gasteiger partial charge in [0.2, 0.25) is 0 Å². The van der Waals surface area contributed by atoms with Gasteiger partial charge in [0.15, 0.2) is 23.3 Å². The van der Waals surface area contributed by atoms with Gasteiger partial charge >= 0.3 is 5.97 Å². The Morgan fingerprint density at radius 2 is 1.68 bits per heavy atom. The van der Waals surface area contributed by atoms with Crippen LogP contribution >= 0.6 is 0 Å². The normalized spacial score (nSPS) is 14.1. The van der Waals surface area contributed by atoms with Crippen molar-refractivity contribution in [1.29, 1.82) is 0 Å². The van der Waals surface area contributed by atoms with E-state index < -0.39 is 47.0 Å². The summed E-state index contributed by atoms with van der Waals surface area (Å²) in [5, 5.41) is 0. The number of rotatable bonds is 3. The van der Waals surface area contributed by atoms with E-state index in [1.165, 1.54) is 5.92 Å². The van der Waals surface area contributed by atoms with E-state index in [1.807, 2.05) is 0 Å². The maximum Gasteiger partial charge on any atom is 0.309 e. The molecule has 0 aromatic heterocycles. The summed E-state index contributed by atoms with van der Waals surface area (Å²) >= 11 is 0. The van der Waals surface area contributed by atoms with Crippen LogP contribution in [0.3, 0.4) is 0 Å². The summed E-state index contributed by atoms with van der Waals surface area (Å²) in [6.07, 6.45) is 6.04. The summed E-state index contributed by atoms with van der Waals surface area (Å²) in [7, 11) is 0. The fourth-order valence-electron chi connectivity index (χ4n) is 1.51. The molecule has 1 saturated carbocycles. The lowest BCUT2D eigenvalue weighted by atomic mass is 10.1. The highest BCUT2D eigenvalue weighted by atomic mass is 19.2. The Bertz CT molecular complexity index is 556. The van der Waals surface area contributed by atoms with E-state index in [0.29, 0.717) is 12.8 Å². The lowest BCUT2D eigenvalue weighted by Gasteiger charge is -2.09. The third-order valence-corrected chi connectivity index (χ3v) is 2.77. The molecule has 6 heteroatoms. The first-order valence-electron chi connectivity index (χ1n) is 5.45. The highest BCUT2D eigenvalue weighted by Gasteiger charge is 2.32. The molecule has 1 aliphatic rings. The minimum Gasteiger partial charge on any atom is -0.460 e. The van der Waals surface area contributed by atoms with Gasteiger partial charge in [0, 0.05) is 0 Å². The zero-order chi connectivity index (χ0) is 14.2. The van der Waals surface area contributed by atoms with Gasteiger partial charge in [0.1, 0.15) is 12.2 Å². The molecule has 0 heterocycles. The number of hydrogen-bond acceptors (Lipinski definition) is 2. The zero-order valence-corrected chi connectivity index (χ0v) is 9.60. The zero-order valence-electron chi connectivity index (χ0n) is 9.60. The predicted molar refractivity (Wildman–Crippen MR) is 56.7 cm³/mol. The van der Waals surface area contributed by atoms with Crippen molar-refractivity contribution in [3.8, 4) is 12.3 Å². The van der Waals surface area contributed by atoms with Gasteiger partial charge in [0.25, 0.3) is 0 Å². The van der Waals surface area contributed by atoms with E-state index in [2.05, 4.69) is 4.74 Å². The average molecular weight is 272 g/mol. The number of halogens is 4. The maximum absolute atomic E-state index is 13.5. The molecule has 0 spiro atoms. The van der Waals surface area contributed by atoms with Crippen LogP contribution in [-0.4, -0.2) is 5.97 Å². The molecule has 0 bridgehead atoms. The first kappa shape index (κ1) is 13.4. The van der Waals surface area contributed by atoms with Crippen LogP contribution in [0.1, 0.15) is 24.0 Å². The van der Waals surface area contributed by atoms with Crippen molar-refractivity contribution in [1.82, 2.24) is 0 Å². The van der Waals surface area contributed by atoms with Crippen LogP contribution in [0.5, 0.6) is 0 Å². The standard InChI is InChI=1S/C13H8F4O2/c1-2-7-9(14)11(16)8(12(17)10(7)15)5-19-13(18)6-3-4-6/h1,6H,3-5H2. The molecule has 2 nitrogen and oxygen atoms in total. The minimum absolute atomic E-state index is 0.286. The molecular weight excluding hydrogens is 264 g/mol. The molecule has 0 aliphatic heterocycles. The highest BCUT2D eigenvalue weighted by Crippen LogP contribution is 2.31. The van der Waals surface area contributed by atoms with Gasteiger partial charge in [-0.15, -0.1) is 6.42 Å². The average Bonchev–Trinajstić information content (AvgIpc) is 3.21. The van der Waals surface area contributed by atoms with E-state index in [-0.39, 0.29) is 5.92 Å². The molecule has 1 aromatic rings. The molecule has 100 valence electrons. The Morgan fingerprint density at radius 3 is 2.11 bits per heavy atom. The Kier molecular flexibility index (Phi) is 3.47. The number of terminal acetylenes is 1. The minimum atomic E-state index is -1.67. The van der Waals surface area contributed by atoms with Crippen molar-refractivity contribution in [3.05, 3.63) is 34.4 Å². The summed E-state index contributed by atoms with van der Waals surface area (Å²) in [5.74, 6) is -6.02. The number of carbonyl (C=O) groups excluding carboxylic acids is 1. The van der Waals surface area contributed by atoms with E-state index in [1.54, 1.807) is 0 Å². The summed E-state index contributed by atoms with van der Waals surface area (Å²) < 4.78 is 58.2. The Balaban J connectivity index is 2.30. The summed E-state index contributed by atoms with van der Waals surface area (Å²) in [5.41, 5.74) is -2.10. The first-order chi connectivity index (χ1) is 8.97. The second-order valence-corrected chi connectivity index (χ2v) is 4.14. The predicted octanol–water partition coefficient (Wildman–Crippen LogP) is 2.68. The Morgan fingerprint density at radius 1 is 1.16 bits per heavy atom. The summed E-state index contributed by atoms with van der Waals surface area (Å²) in [6, 6.07) is 0. The van der Waals surface area contributed by atoms with Crippen molar-refractivity contribution in [2.24, 2.45) is 5.92 Å². The Hall–Kier alpha value is -2.03. The van der Waals surface area contributed by atoms with Crippen molar-refractivity contribution in [2.75, 3.05) is 0 Å². The molecule has 1 fully saturated rings. The Labute approximate surface area is 106 Å². The van der Waals surface area contributed by atoms with Crippen molar-refractivity contribution in [3.63, 3.8) is 0 Å². The van der Waals surface area contributed by atoms with Gasteiger partial charge in [-0.05, 0) is 12.8 Å². The quantitative estimate of drug-likeness (QED) is 0.366. The first-order valence-corrected chi connectivity index (χ1v) is 5.45. The molecule has 0 amide bonds. The molecule has 0 saturated heterocycles. The lowest BCUT2D eigenvalue weighted by Crippen LogP contribution is -2.12. The molecule has 0 unspecified atom stereocenters. The molecule has 0 atom stereocenters. The van der Waals surface area contributed by atoms with E-state index in [0.717, 1.165) is 0 Å². The SMILES string of the molecule is C#Cc1c(F)c(F)c(COC(=O)C2CC2)c(F)c1F. The third kappa shape index (κ3) is 2.41. The molecule has 0 radical (unpaired) electrons. The lowest BCUT2D eigenvalue weighted by molar-refractivity contribution is -0.146. The molecule has 1 aliphatic carbocycles. The van der Waals surface area contributed by atoms with E-state index in [9.17, 15) is 22.4 Å². The van der Waals surface area contributed by atoms with Crippen LogP contribution in [0.25, 0.3) is 0 Å². The van der Waals surface area contributed by atoms with Crippen LogP contribution < -0.4 is 0 Å². The second kappa shape index (κ2) is 4.92. The molecule has 1 aromatic carbocycles. The number of esters is 1. The molecule has 0 N–H and O–H groups in total. The second-order valence-electron chi connectivity index (χ2n) is 4.14. The van der Waals surface area contributed by atoms with Gasteiger partial charge in [-0.25, -0.2) is 17.6 Å². The van der Waals surface area contributed by atoms with E-state index in [4.69, 9.17) is 6.42 Å². The summed E-state index contributed by atoms with van der Waals surface area (Å²) in [4.78, 5) is 11.2. The van der Waals surface area contributed by atoms with Gasteiger partial charge in [-0.3, -0.25) is 4.79 Å². The molecule has 19 heavy (non-hydrogen) atoms. The highest BCUT2D eigenvalue weighted by molar-refractivity contribution is 5.74. The van der Waals surface area contributed by atoms with Crippen LogP contribution in [0.2, 0.25) is 0 Å². The number of ether oxygens (including phenoxy) is 1. The molecular formula is C13H8F4O2. The largest absolute Gasteiger partial charge is 0.460 e.